The molecule has 1 aromatic heterocycles. The quantitative estimate of drug-likeness (QED) is 0.809. The number of aryl methyl sites for hydroxylation is 1. The normalized spacial score (nSPS) is 43.2. The molecule has 0 radical (unpaired) electrons. The van der Waals surface area contributed by atoms with Gasteiger partial charge in [0.25, 0.3) is 0 Å². The van der Waals surface area contributed by atoms with Crippen molar-refractivity contribution in [2.45, 2.75) is 44.9 Å². The van der Waals surface area contributed by atoms with E-state index in [9.17, 15) is 0 Å². The molecule has 1 heterocycles. The predicted molar refractivity (Wildman–Crippen MR) is 65.4 cm³/mol. The van der Waals surface area contributed by atoms with Gasteiger partial charge in [0, 0.05) is 5.56 Å². The SMILES string of the molecule is Cc1noc(N)c1C1C2CC3CC(C2)CC1C3. The summed E-state index contributed by atoms with van der Waals surface area (Å²) < 4.78 is 5.18. The Bertz CT molecular complexity index is 404. The second-order valence-electron chi connectivity index (χ2n) is 6.50. The van der Waals surface area contributed by atoms with E-state index < -0.39 is 0 Å². The van der Waals surface area contributed by atoms with Crippen molar-refractivity contribution in [3.63, 3.8) is 0 Å². The Morgan fingerprint density at radius 1 is 1.06 bits per heavy atom. The molecule has 4 bridgehead atoms. The number of hydrogen-bond donors (Lipinski definition) is 1. The fourth-order valence-corrected chi connectivity index (χ4v) is 5.20. The lowest BCUT2D eigenvalue weighted by molar-refractivity contribution is -0.00284. The fraction of sp³-hybridized carbons (Fsp3) is 0.786. The van der Waals surface area contributed by atoms with Crippen molar-refractivity contribution >= 4 is 5.88 Å². The van der Waals surface area contributed by atoms with E-state index in [1.807, 2.05) is 6.92 Å². The summed E-state index contributed by atoms with van der Waals surface area (Å²) in [4.78, 5) is 0. The minimum Gasteiger partial charge on any atom is -0.367 e. The highest BCUT2D eigenvalue weighted by atomic mass is 16.5. The van der Waals surface area contributed by atoms with Gasteiger partial charge in [-0.1, -0.05) is 5.16 Å². The third kappa shape index (κ3) is 1.31. The molecule has 4 saturated carbocycles. The summed E-state index contributed by atoms with van der Waals surface area (Å²) in [6.45, 7) is 2.04. The van der Waals surface area contributed by atoms with E-state index in [2.05, 4.69) is 5.16 Å². The minimum absolute atomic E-state index is 0.583. The molecular formula is C14H20N2O. The predicted octanol–water partition coefficient (Wildman–Crippen LogP) is 3.10. The van der Waals surface area contributed by atoms with Crippen molar-refractivity contribution in [2.75, 3.05) is 5.73 Å². The average molecular weight is 232 g/mol. The van der Waals surface area contributed by atoms with E-state index in [0.717, 1.165) is 29.4 Å². The Hall–Kier alpha value is -0.990. The van der Waals surface area contributed by atoms with Gasteiger partial charge in [-0.05, 0) is 68.6 Å². The van der Waals surface area contributed by atoms with Crippen LogP contribution in [-0.2, 0) is 0 Å². The van der Waals surface area contributed by atoms with Gasteiger partial charge >= 0.3 is 0 Å². The zero-order valence-corrected chi connectivity index (χ0v) is 10.4. The van der Waals surface area contributed by atoms with Gasteiger partial charge < -0.3 is 10.3 Å². The third-order valence-corrected chi connectivity index (χ3v) is 5.50. The lowest BCUT2D eigenvalue weighted by Crippen LogP contribution is -2.44. The molecule has 1 aromatic rings. The Balaban J connectivity index is 1.75. The van der Waals surface area contributed by atoms with Crippen LogP contribution in [0, 0.1) is 30.6 Å². The van der Waals surface area contributed by atoms with Crippen LogP contribution >= 0.6 is 0 Å². The largest absolute Gasteiger partial charge is 0.367 e. The van der Waals surface area contributed by atoms with Crippen molar-refractivity contribution in [2.24, 2.45) is 23.7 Å². The molecule has 3 nitrogen and oxygen atoms in total. The first-order valence-corrected chi connectivity index (χ1v) is 6.94. The standard InChI is InChI=1S/C14H20N2O/c1-7-12(14(15)17-16-7)13-10-3-8-2-9(5-10)6-11(13)4-8/h8-11,13H,2-6,15H2,1H3. The molecule has 3 heteroatoms. The van der Waals surface area contributed by atoms with Crippen LogP contribution in [0.3, 0.4) is 0 Å². The molecule has 0 aromatic carbocycles. The van der Waals surface area contributed by atoms with Gasteiger partial charge in [0.05, 0.1) is 5.69 Å². The average Bonchev–Trinajstić information content (AvgIpc) is 2.59. The number of aromatic nitrogens is 1. The monoisotopic (exact) mass is 232 g/mol. The zero-order chi connectivity index (χ0) is 11.6. The van der Waals surface area contributed by atoms with Crippen LogP contribution in [0.15, 0.2) is 4.52 Å². The molecule has 4 fully saturated rings. The summed E-state index contributed by atoms with van der Waals surface area (Å²) in [5.74, 6) is 4.96. The van der Waals surface area contributed by atoms with Crippen LogP contribution in [0.5, 0.6) is 0 Å². The number of hydrogen-bond acceptors (Lipinski definition) is 3. The highest BCUT2D eigenvalue weighted by molar-refractivity contribution is 5.43. The molecule has 0 spiro atoms. The molecule has 4 aliphatic rings. The molecule has 92 valence electrons. The van der Waals surface area contributed by atoms with Crippen LogP contribution in [0.25, 0.3) is 0 Å². The second-order valence-corrected chi connectivity index (χ2v) is 6.50. The highest BCUT2D eigenvalue weighted by Gasteiger charge is 2.50. The Morgan fingerprint density at radius 3 is 2.12 bits per heavy atom. The Morgan fingerprint density at radius 2 is 1.65 bits per heavy atom. The van der Waals surface area contributed by atoms with E-state index >= 15 is 0 Å². The van der Waals surface area contributed by atoms with Gasteiger partial charge in [0.2, 0.25) is 5.88 Å². The first-order valence-electron chi connectivity index (χ1n) is 6.94. The van der Waals surface area contributed by atoms with Crippen molar-refractivity contribution in [1.29, 1.82) is 0 Å². The number of nitrogens with two attached hydrogens (primary N) is 1. The van der Waals surface area contributed by atoms with Crippen molar-refractivity contribution in [1.82, 2.24) is 5.16 Å². The molecule has 0 amide bonds. The van der Waals surface area contributed by atoms with E-state index in [0.29, 0.717) is 11.8 Å². The summed E-state index contributed by atoms with van der Waals surface area (Å²) in [6, 6.07) is 0. The van der Waals surface area contributed by atoms with E-state index in [1.165, 1.54) is 37.7 Å². The number of nitrogen functional groups attached to an aromatic ring is 1. The zero-order valence-electron chi connectivity index (χ0n) is 10.4. The van der Waals surface area contributed by atoms with Crippen molar-refractivity contribution in [3.05, 3.63) is 11.3 Å². The van der Waals surface area contributed by atoms with E-state index in [-0.39, 0.29) is 0 Å². The molecule has 0 aliphatic heterocycles. The lowest BCUT2D eigenvalue weighted by Gasteiger charge is -2.54. The van der Waals surface area contributed by atoms with Crippen molar-refractivity contribution in [3.8, 4) is 0 Å². The molecule has 17 heavy (non-hydrogen) atoms. The maximum absolute atomic E-state index is 5.99. The van der Waals surface area contributed by atoms with Gasteiger partial charge in [-0.2, -0.15) is 0 Å². The van der Waals surface area contributed by atoms with Gasteiger partial charge in [-0.25, -0.2) is 0 Å². The fourth-order valence-electron chi connectivity index (χ4n) is 5.20. The summed E-state index contributed by atoms with van der Waals surface area (Å²) in [5, 5.41) is 4.05. The molecule has 5 rings (SSSR count). The van der Waals surface area contributed by atoms with Crippen LogP contribution in [0.2, 0.25) is 0 Å². The van der Waals surface area contributed by atoms with Gasteiger partial charge in [-0.3, -0.25) is 0 Å². The number of rotatable bonds is 1. The molecular weight excluding hydrogens is 212 g/mol. The van der Waals surface area contributed by atoms with Gasteiger partial charge in [0.15, 0.2) is 0 Å². The lowest BCUT2D eigenvalue weighted by atomic mass is 9.50. The van der Waals surface area contributed by atoms with Crippen LogP contribution in [0.1, 0.15) is 49.3 Å². The van der Waals surface area contributed by atoms with Gasteiger partial charge in [-0.15, -0.1) is 0 Å². The van der Waals surface area contributed by atoms with Crippen LogP contribution in [-0.4, -0.2) is 5.16 Å². The van der Waals surface area contributed by atoms with E-state index in [1.54, 1.807) is 0 Å². The maximum Gasteiger partial charge on any atom is 0.225 e. The first kappa shape index (κ1) is 9.98. The Labute approximate surface area is 102 Å². The second kappa shape index (κ2) is 3.27. The minimum atomic E-state index is 0.583. The topological polar surface area (TPSA) is 52.0 Å². The third-order valence-electron chi connectivity index (χ3n) is 5.50. The summed E-state index contributed by atoms with van der Waals surface area (Å²) in [5.41, 5.74) is 8.27. The van der Waals surface area contributed by atoms with Crippen LogP contribution < -0.4 is 5.73 Å². The molecule has 4 aliphatic carbocycles. The Kier molecular flexibility index (Phi) is 1.92. The van der Waals surface area contributed by atoms with Gasteiger partial charge in [0.1, 0.15) is 0 Å². The molecule has 0 unspecified atom stereocenters. The number of anilines is 1. The number of nitrogens with zero attached hydrogens (tertiary/aromatic N) is 1. The summed E-state index contributed by atoms with van der Waals surface area (Å²) >= 11 is 0. The van der Waals surface area contributed by atoms with E-state index in [4.69, 9.17) is 10.3 Å². The highest BCUT2D eigenvalue weighted by Crippen LogP contribution is 2.60. The molecule has 2 N–H and O–H groups in total. The summed E-state index contributed by atoms with van der Waals surface area (Å²) in [7, 11) is 0. The first-order chi connectivity index (χ1) is 8.22. The van der Waals surface area contributed by atoms with Crippen LogP contribution in [0.4, 0.5) is 5.88 Å². The smallest absolute Gasteiger partial charge is 0.225 e. The molecule has 0 saturated heterocycles. The molecule has 0 atom stereocenters. The summed E-state index contributed by atoms with van der Waals surface area (Å²) in [6.07, 6.45) is 7.17. The maximum atomic E-state index is 5.99. The van der Waals surface area contributed by atoms with Crippen molar-refractivity contribution < 1.29 is 4.52 Å².